The van der Waals surface area contributed by atoms with E-state index in [1.54, 1.807) is 12.1 Å². The lowest BCUT2D eigenvalue weighted by molar-refractivity contribution is -0.167. The molecule has 0 bridgehead atoms. The standard InChI is InChI=1S/C12H13FO3/c1-15-11(14)12(6-3-7-12)16-10-5-2-4-9(13)8-10/h2,4-5,8H,3,6-7H2,1H3. The molecule has 0 heterocycles. The zero-order valence-electron chi connectivity index (χ0n) is 9.03. The normalized spacial score (nSPS) is 17.4. The Kier molecular flexibility index (Phi) is 2.81. The van der Waals surface area contributed by atoms with Crippen molar-refractivity contribution in [3.05, 3.63) is 30.1 Å². The molecule has 0 N–H and O–H groups in total. The molecule has 0 aliphatic heterocycles. The molecular weight excluding hydrogens is 211 g/mol. The summed E-state index contributed by atoms with van der Waals surface area (Å²) in [6.07, 6.45) is 2.16. The van der Waals surface area contributed by atoms with Gasteiger partial charge in [0.2, 0.25) is 5.60 Å². The van der Waals surface area contributed by atoms with Crippen molar-refractivity contribution in [3.8, 4) is 5.75 Å². The van der Waals surface area contributed by atoms with Crippen LogP contribution in [0.4, 0.5) is 4.39 Å². The number of rotatable bonds is 3. The average Bonchev–Trinajstić information content (AvgIpc) is 2.22. The second-order valence-corrected chi connectivity index (χ2v) is 3.90. The largest absolute Gasteiger partial charge is 0.475 e. The minimum atomic E-state index is -0.900. The number of esters is 1. The van der Waals surface area contributed by atoms with Crippen LogP contribution in [0.25, 0.3) is 0 Å². The van der Waals surface area contributed by atoms with Crippen LogP contribution in [0.15, 0.2) is 24.3 Å². The topological polar surface area (TPSA) is 35.5 Å². The van der Waals surface area contributed by atoms with Crippen molar-refractivity contribution in [2.75, 3.05) is 7.11 Å². The number of hydrogen-bond donors (Lipinski definition) is 0. The number of hydrogen-bond acceptors (Lipinski definition) is 3. The van der Waals surface area contributed by atoms with E-state index < -0.39 is 5.60 Å². The first-order chi connectivity index (χ1) is 7.66. The molecule has 0 unspecified atom stereocenters. The average molecular weight is 224 g/mol. The lowest BCUT2D eigenvalue weighted by Crippen LogP contribution is -2.51. The SMILES string of the molecule is COC(=O)C1(Oc2cccc(F)c2)CCC1. The van der Waals surface area contributed by atoms with Gasteiger partial charge < -0.3 is 9.47 Å². The minimum absolute atomic E-state index is 0.366. The molecule has 0 aromatic heterocycles. The second kappa shape index (κ2) is 4.12. The molecule has 0 atom stereocenters. The zero-order chi connectivity index (χ0) is 11.6. The Bertz CT molecular complexity index is 399. The molecule has 4 heteroatoms. The van der Waals surface area contributed by atoms with E-state index in [2.05, 4.69) is 0 Å². The monoisotopic (exact) mass is 224 g/mol. The molecule has 0 amide bonds. The van der Waals surface area contributed by atoms with Crippen molar-refractivity contribution in [2.45, 2.75) is 24.9 Å². The first-order valence-corrected chi connectivity index (χ1v) is 5.19. The Labute approximate surface area is 93.2 Å². The Morgan fingerprint density at radius 2 is 2.19 bits per heavy atom. The molecule has 1 aliphatic carbocycles. The van der Waals surface area contributed by atoms with Crippen LogP contribution in [-0.4, -0.2) is 18.7 Å². The lowest BCUT2D eigenvalue weighted by Gasteiger charge is -2.38. The van der Waals surface area contributed by atoms with E-state index in [-0.39, 0.29) is 11.8 Å². The summed E-state index contributed by atoms with van der Waals surface area (Å²) in [5, 5.41) is 0. The number of halogens is 1. The van der Waals surface area contributed by atoms with Gasteiger partial charge >= 0.3 is 5.97 Å². The van der Waals surface area contributed by atoms with Gasteiger partial charge in [0.05, 0.1) is 7.11 Å². The molecule has 3 nitrogen and oxygen atoms in total. The number of benzene rings is 1. The molecule has 1 aromatic carbocycles. The highest BCUT2D eigenvalue weighted by atomic mass is 19.1. The van der Waals surface area contributed by atoms with E-state index in [0.717, 1.165) is 6.42 Å². The van der Waals surface area contributed by atoms with Crippen molar-refractivity contribution in [2.24, 2.45) is 0 Å². The van der Waals surface area contributed by atoms with Crippen LogP contribution in [0.5, 0.6) is 5.75 Å². The van der Waals surface area contributed by atoms with E-state index in [9.17, 15) is 9.18 Å². The zero-order valence-corrected chi connectivity index (χ0v) is 9.03. The maximum atomic E-state index is 13.0. The van der Waals surface area contributed by atoms with Gasteiger partial charge in [-0.1, -0.05) is 6.07 Å². The fourth-order valence-corrected chi connectivity index (χ4v) is 1.79. The van der Waals surface area contributed by atoms with Crippen LogP contribution in [0.2, 0.25) is 0 Å². The van der Waals surface area contributed by atoms with E-state index in [4.69, 9.17) is 9.47 Å². The molecule has 1 aliphatic rings. The van der Waals surface area contributed by atoms with Gasteiger partial charge in [-0.3, -0.25) is 0 Å². The Hall–Kier alpha value is -1.58. The smallest absolute Gasteiger partial charge is 0.350 e. The number of carbonyl (C=O) groups is 1. The predicted molar refractivity (Wildman–Crippen MR) is 55.6 cm³/mol. The van der Waals surface area contributed by atoms with Crippen LogP contribution in [0.3, 0.4) is 0 Å². The summed E-state index contributed by atoms with van der Waals surface area (Å²) < 4.78 is 23.2. The summed E-state index contributed by atoms with van der Waals surface area (Å²) in [5.74, 6) is -0.398. The lowest BCUT2D eigenvalue weighted by atomic mass is 9.80. The summed E-state index contributed by atoms with van der Waals surface area (Å²) in [7, 11) is 1.33. The summed E-state index contributed by atoms with van der Waals surface area (Å²) in [6.45, 7) is 0. The van der Waals surface area contributed by atoms with Gasteiger partial charge in [0, 0.05) is 6.07 Å². The van der Waals surface area contributed by atoms with Crippen molar-refractivity contribution in [1.29, 1.82) is 0 Å². The minimum Gasteiger partial charge on any atom is -0.475 e. The molecule has 1 saturated carbocycles. The van der Waals surface area contributed by atoms with Crippen LogP contribution in [0, 0.1) is 5.82 Å². The summed E-state index contributed by atoms with van der Waals surface area (Å²) in [6, 6.07) is 5.78. The van der Waals surface area contributed by atoms with Crippen LogP contribution in [-0.2, 0) is 9.53 Å². The van der Waals surface area contributed by atoms with E-state index in [1.807, 2.05) is 0 Å². The number of ether oxygens (including phenoxy) is 2. The summed E-state index contributed by atoms with van der Waals surface area (Å²) >= 11 is 0. The maximum Gasteiger partial charge on any atom is 0.350 e. The first kappa shape index (κ1) is 10.9. The third kappa shape index (κ3) is 1.87. The van der Waals surface area contributed by atoms with Gasteiger partial charge in [-0.05, 0) is 31.4 Å². The van der Waals surface area contributed by atoms with Crippen molar-refractivity contribution < 1.29 is 18.7 Å². The highest BCUT2D eigenvalue weighted by Gasteiger charge is 2.48. The molecule has 0 spiro atoms. The van der Waals surface area contributed by atoms with Gasteiger partial charge in [0.1, 0.15) is 11.6 Å². The number of carbonyl (C=O) groups excluding carboxylic acids is 1. The van der Waals surface area contributed by atoms with E-state index in [0.29, 0.717) is 18.6 Å². The predicted octanol–water partition coefficient (Wildman–Crippen LogP) is 2.30. The Morgan fingerprint density at radius 3 is 2.69 bits per heavy atom. The van der Waals surface area contributed by atoms with Gasteiger partial charge in [-0.15, -0.1) is 0 Å². The Morgan fingerprint density at radius 1 is 1.44 bits per heavy atom. The first-order valence-electron chi connectivity index (χ1n) is 5.19. The van der Waals surface area contributed by atoms with Crippen LogP contribution >= 0.6 is 0 Å². The van der Waals surface area contributed by atoms with E-state index in [1.165, 1.54) is 19.2 Å². The summed E-state index contributed by atoms with van der Waals surface area (Å²) in [5.41, 5.74) is -0.900. The molecule has 0 radical (unpaired) electrons. The third-order valence-corrected chi connectivity index (χ3v) is 2.83. The van der Waals surface area contributed by atoms with Gasteiger partial charge in [0.25, 0.3) is 0 Å². The molecule has 86 valence electrons. The molecule has 0 saturated heterocycles. The Balaban J connectivity index is 2.16. The second-order valence-electron chi connectivity index (χ2n) is 3.90. The molecular formula is C12H13FO3. The fraction of sp³-hybridized carbons (Fsp3) is 0.417. The molecule has 16 heavy (non-hydrogen) atoms. The van der Waals surface area contributed by atoms with Gasteiger partial charge in [0.15, 0.2) is 0 Å². The third-order valence-electron chi connectivity index (χ3n) is 2.83. The van der Waals surface area contributed by atoms with Gasteiger partial charge in [-0.2, -0.15) is 0 Å². The van der Waals surface area contributed by atoms with Crippen molar-refractivity contribution >= 4 is 5.97 Å². The van der Waals surface area contributed by atoms with Crippen molar-refractivity contribution in [3.63, 3.8) is 0 Å². The summed E-state index contributed by atoms with van der Waals surface area (Å²) in [4.78, 5) is 11.6. The van der Waals surface area contributed by atoms with Crippen LogP contribution < -0.4 is 4.74 Å². The van der Waals surface area contributed by atoms with Crippen molar-refractivity contribution in [1.82, 2.24) is 0 Å². The van der Waals surface area contributed by atoms with Crippen LogP contribution in [0.1, 0.15) is 19.3 Å². The highest BCUT2D eigenvalue weighted by Crippen LogP contribution is 2.37. The molecule has 1 fully saturated rings. The van der Waals surface area contributed by atoms with E-state index >= 15 is 0 Å². The highest BCUT2D eigenvalue weighted by molar-refractivity contribution is 5.81. The maximum absolute atomic E-state index is 13.0. The molecule has 1 aromatic rings. The van der Waals surface area contributed by atoms with Gasteiger partial charge in [-0.25, -0.2) is 9.18 Å². The number of methoxy groups -OCH3 is 1. The molecule has 2 rings (SSSR count). The fourth-order valence-electron chi connectivity index (χ4n) is 1.79. The quantitative estimate of drug-likeness (QED) is 0.739.